The second-order valence-electron chi connectivity index (χ2n) is 7.57. The molecule has 0 aliphatic heterocycles. The number of nitrogens with zero attached hydrogens (tertiary/aromatic N) is 1. The van der Waals surface area contributed by atoms with Gasteiger partial charge >= 0.3 is 5.97 Å². The third-order valence-electron chi connectivity index (χ3n) is 5.26. The summed E-state index contributed by atoms with van der Waals surface area (Å²) in [6.07, 6.45) is 0.616. The summed E-state index contributed by atoms with van der Waals surface area (Å²) in [5.41, 5.74) is 2.66. The first-order valence-electron chi connectivity index (χ1n) is 9.75. The van der Waals surface area contributed by atoms with E-state index in [-0.39, 0.29) is 24.8 Å². The zero-order chi connectivity index (χ0) is 21.0. The minimum atomic E-state index is -0.919. The van der Waals surface area contributed by atoms with Crippen LogP contribution in [0.3, 0.4) is 0 Å². The molecule has 3 rings (SSSR count). The van der Waals surface area contributed by atoms with Gasteiger partial charge in [-0.05, 0) is 42.5 Å². The smallest absolute Gasteiger partial charge is 0.308 e. The monoisotopic (exact) mass is 394 g/mol. The highest BCUT2D eigenvalue weighted by atomic mass is 16.5. The maximum atomic E-state index is 12.4. The fraction of sp³-hybridized carbons (Fsp3) is 0.348. The Morgan fingerprint density at radius 2 is 1.86 bits per heavy atom. The predicted molar refractivity (Wildman–Crippen MR) is 111 cm³/mol. The summed E-state index contributed by atoms with van der Waals surface area (Å²) in [7, 11) is 0. The highest BCUT2D eigenvalue weighted by Gasteiger charge is 2.22. The molecule has 3 aromatic rings. The van der Waals surface area contributed by atoms with E-state index in [1.807, 2.05) is 63.2 Å². The third kappa shape index (κ3) is 5.02. The van der Waals surface area contributed by atoms with Gasteiger partial charge in [0.1, 0.15) is 5.76 Å². The lowest BCUT2D eigenvalue weighted by molar-refractivity contribution is -0.141. The molecule has 2 atom stereocenters. The van der Waals surface area contributed by atoms with Crippen LogP contribution in [0.5, 0.6) is 0 Å². The molecule has 6 heteroatoms. The van der Waals surface area contributed by atoms with Crippen LogP contribution in [0.1, 0.15) is 41.8 Å². The number of fused-ring (bicyclic) bond motifs is 1. The number of nitrogens with one attached hydrogen (secondary N) is 1. The zero-order valence-electron chi connectivity index (χ0n) is 16.9. The Morgan fingerprint density at radius 1 is 1.14 bits per heavy atom. The van der Waals surface area contributed by atoms with Gasteiger partial charge in [-0.3, -0.25) is 9.59 Å². The minimum Gasteiger partial charge on any atom is -0.481 e. The Morgan fingerprint density at radius 3 is 2.52 bits per heavy atom. The van der Waals surface area contributed by atoms with Gasteiger partial charge in [-0.25, -0.2) is 0 Å². The molecule has 0 spiro atoms. The summed E-state index contributed by atoms with van der Waals surface area (Å²) in [4.78, 5) is 24.1. The van der Waals surface area contributed by atoms with E-state index < -0.39 is 11.9 Å². The largest absolute Gasteiger partial charge is 0.481 e. The van der Waals surface area contributed by atoms with Crippen LogP contribution in [0, 0.1) is 19.8 Å². The first-order chi connectivity index (χ1) is 13.8. The number of carboxylic acid groups (broad SMARTS) is 1. The maximum absolute atomic E-state index is 12.4. The Kier molecular flexibility index (Phi) is 6.32. The number of aliphatic carboxylic acids is 1. The van der Waals surface area contributed by atoms with Gasteiger partial charge in [0.15, 0.2) is 0 Å². The number of aryl methyl sites for hydroxylation is 2. The average molecular weight is 394 g/mol. The summed E-state index contributed by atoms with van der Waals surface area (Å²) >= 11 is 0. The Labute approximate surface area is 169 Å². The fourth-order valence-electron chi connectivity index (χ4n) is 3.78. The molecule has 152 valence electrons. The van der Waals surface area contributed by atoms with Crippen molar-refractivity contribution in [1.29, 1.82) is 0 Å². The number of carboxylic acids is 1. The van der Waals surface area contributed by atoms with Crippen molar-refractivity contribution in [2.24, 2.45) is 5.92 Å². The standard InChI is InChI=1S/C23H26N2O4/c1-14(22-15(2)25-29-16(22)3)10-21(26)24-13-20(23(27)28)12-17-8-9-18-6-4-5-7-19(18)11-17/h4-9,11,14,20H,10,12-13H2,1-3H3,(H,24,26)(H,27,28). The average Bonchev–Trinajstić information content (AvgIpc) is 3.03. The molecule has 6 nitrogen and oxygen atoms in total. The molecule has 1 amide bonds. The highest BCUT2D eigenvalue weighted by molar-refractivity contribution is 5.83. The van der Waals surface area contributed by atoms with Gasteiger partial charge in [0, 0.05) is 18.5 Å². The van der Waals surface area contributed by atoms with Gasteiger partial charge in [0.25, 0.3) is 0 Å². The summed E-state index contributed by atoms with van der Waals surface area (Å²) in [6, 6.07) is 13.9. The van der Waals surface area contributed by atoms with Crippen LogP contribution in [0.2, 0.25) is 0 Å². The SMILES string of the molecule is Cc1noc(C)c1C(C)CC(=O)NCC(Cc1ccc2ccccc2c1)C(=O)O. The number of aromatic nitrogens is 1. The van der Waals surface area contributed by atoms with Crippen LogP contribution in [0.15, 0.2) is 47.0 Å². The number of benzene rings is 2. The van der Waals surface area contributed by atoms with Crippen molar-refractivity contribution < 1.29 is 19.2 Å². The van der Waals surface area contributed by atoms with Crippen LogP contribution in [0.4, 0.5) is 0 Å². The molecule has 2 N–H and O–H groups in total. The number of hydrogen-bond acceptors (Lipinski definition) is 4. The quantitative estimate of drug-likeness (QED) is 0.602. The first kappa shape index (κ1) is 20.6. The van der Waals surface area contributed by atoms with Crippen LogP contribution >= 0.6 is 0 Å². The van der Waals surface area contributed by atoms with E-state index in [0.717, 1.165) is 27.6 Å². The lowest BCUT2D eigenvalue weighted by Gasteiger charge is -2.16. The normalized spacial score (nSPS) is 13.2. The molecule has 0 radical (unpaired) electrons. The molecule has 0 saturated carbocycles. The minimum absolute atomic E-state index is 0.0509. The summed E-state index contributed by atoms with van der Waals surface area (Å²) in [6.45, 7) is 5.71. The van der Waals surface area contributed by atoms with Crippen molar-refractivity contribution in [3.05, 3.63) is 65.0 Å². The highest BCUT2D eigenvalue weighted by Crippen LogP contribution is 2.25. The summed E-state index contributed by atoms with van der Waals surface area (Å²) in [5, 5.41) is 18.5. The number of hydrogen-bond donors (Lipinski definition) is 2. The van der Waals surface area contributed by atoms with E-state index in [2.05, 4.69) is 10.5 Å². The fourth-order valence-corrected chi connectivity index (χ4v) is 3.78. The molecule has 29 heavy (non-hydrogen) atoms. The van der Waals surface area contributed by atoms with Crippen LogP contribution in [0.25, 0.3) is 10.8 Å². The number of amides is 1. The van der Waals surface area contributed by atoms with Crippen molar-refractivity contribution in [3.63, 3.8) is 0 Å². The molecule has 1 heterocycles. The summed E-state index contributed by atoms with van der Waals surface area (Å²) in [5.74, 6) is -1.12. The Bertz CT molecular complexity index is 1010. The van der Waals surface area contributed by atoms with Gasteiger partial charge in [0.05, 0.1) is 11.6 Å². The van der Waals surface area contributed by atoms with E-state index in [1.165, 1.54) is 0 Å². The van der Waals surface area contributed by atoms with Crippen molar-refractivity contribution in [3.8, 4) is 0 Å². The molecule has 0 aliphatic carbocycles. The second-order valence-corrected chi connectivity index (χ2v) is 7.57. The maximum Gasteiger partial charge on any atom is 0.308 e. The first-order valence-corrected chi connectivity index (χ1v) is 9.75. The van der Waals surface area contributed by atoms with Crippen molar-refractivity contribution >= 4 is 22.6 Å². The molecule has 0 fully saturated rings. The lowest BCUT2D eigenvalue weighted by Crippen LogP contribution is -2.34. The van der Waals surface area contributed by atoms with Gasteiger partial charge in [-0.1, -0.05) is 54.5 Å². The zero-order valence-corrected chi connectivity index (χ0v) is 16.9. The van der Waals surface area contributed by atoms with Crippen molar-refractivity contribution in [2.45, 2.75) is 39.5 Å². The van der Waals surface area contributed by atoms with Gasteiger partial charge in [-0.15, -0.1) is 0 Å². The molecular formula is C23H26N2O4. The predicted octanol–water partition coefficient (Wildman–Crippen LogP) is 4.00. The van der Waals surface area contributed by atoms with E-state index in [9.17, 15) is 14.7 Å². The molecule has 2 aromatic carbocycles. The Hall–Kier alpha value is -3.15. The van der Waals surface area contributed by atoms with E-state index in [4.69, 9.17) is 4.52 Å². The van der Waals surface area contributed by atoms with E-state index in [0.29, 0.717) is 12.2 Å². The Balaban J connectivity index is 1.60. The van der Waals surface area contributed by atoms with Crippen molar-refractivity contribution in [2.75, 3.05) is 6.54 Å². The number of carbonyl (C=O) groups is 2. The van der Waals surface area contributed by atoms with Gasteiger partial charge in [0.2, 0.25) is 5.91 Å². The van der Waals surface area contributed by atoms with Crippen LogP contribution < -0.4 is 5.32 Å². The third-order valence-corrected chi connectivity index (χ3v) is 5.26. The van der Waals surface area contributed by atoms with Gasteiger partial charge < -0.3 is 14.9 Å². The molecule has 0 aliphatic rings. The number of carbonyl (C=O) groups excluding carboxylic acids is 1. The van der Waals surface area contributed by atoms with E-state index in [1.54, 1.807) is 0 Å². The second kappa shape index (κ2) is 8.90. The molecule has 0 saturated heterocycles. The molecule has 0 bridgehead atoms. The van der Waals surface area contributed by atoms with E-state index >= 15 is 0 Å². The molecule has 2 unspecified atom stereocenters. The summed E-state index contributed by atoms with van der Waals surface area (Å²) < 4.78 is 5.17. The topological polar surface area (TPSA) is 92.4 Å². The molecular weight excluding hydrogens is 368 g/mol. The number of rotatable bonds is 8. The van der Waals surface area contributed by atoms with Crippen LogP contribution in [-0.2, 0) is 16.0 Å². The molecule has 1 aromatic heterocycles. The van der Waals surface area contributed by atoms with Crippen LogP contribution in [-0.4, -0.2) is 28.7 Å². The lowest BCUT2D eigenvalue weighted by atomic mass is 9.95. The van der Waals surface area contributed by atoms with Crippen molar-refractivity contribution in [1.82, 2.24) is 10.5 Å². The van der Waals surface area contributed by atoms with Gasteiger partial charge in [-0.2, -0.15) is 0 Å².